The third-order valence-electron chi connectivity index (χ3n) is 4.45. The number of hydrogen-bond acceptors (Lipinski definition) is 5. The summed E-state index contributed by atoms with van der Waals surface area (Å²) in [6.07, 6.45) is 0.206. The summed E-state index contributed by atoms with van der Waals surface area (Å²) in [6.45, 7) is 10.9. The zero-order chi connectivity index (χ0) is 17.3. The highest BCUT2D eigenvalue weighted by molar-refractivity contribution is 6.03. The molecule has 1 aliphatic rings. The van der Waals surface area contributed by atoms with Crippen molar-refractivity contribution in [2.75, 3.05) is 20.2 Å². The van der Waals surface area contributed by atoms with Crippen molar-refractivity contribution in [3.63, 3.8) is 0 Å². The van der Waals surface area contributed by atoms with Crippen LogP contribution in [0.2, 0.25) is 0 Å². The predicted molar refractivity (Wildman–Crippen MR) is 87.0 cm³/mol. The summed E-state index contributed by atoms with van der Waals surface area (Å²) >= 11 is 0. The summed E-state index contributed by atoms with van der Waals surface area (Å²) in [5, 5.41) is 0. The summed E-state index contributed by atoms with van der Waals surface area (Å²) in [5.41, 5.74) is 2.25. The van der Waals surface area contributed by atoms with Crippen molar-refractivity contribution in [2.24, 2.45) is 0 Å². The summed E-state index contributed by atoms with van der Waals surface area (Å²) in [4.78, 5) is 30.0. The van der Waals surface area contributed by atoms with Crippen LogP contribution in [0.25, 0.3) is 0 Å². The Morgan fingerprint density at radius 1 is 1.26 bits per heavy atom. The molecule has 6 heteroatoms. The van der Waals surface area contributed by atoms with Crippen molar-refractivity contribution < 1.29 is 19.1 Å². The fraction of sp³-hybridized carbons (Fsp3) is 0.647. The lowest BCUT2D eigenvalue weighted by atomic mass is 10.0. The first-order chi connectivity index (χ1) is 10.8. The van der Waals surface area contributed by atoms with Gasteiger partial charge >= 0.3 is 5.97 Å². The first kappa shape index (κ1) is 17.7. The zero-order valence-electron chi connectivity index (χ0n) is 14.7. The zero-order valence-corrected chi connectivity index (χ0v) is 14.7. The van der Waals surface area contributed by atoms with Gasteiger partial charge in [-0.25, -0.2) is 4.79 Å². The fourth-order valence-electron chi connectivity index (χ4n) is 3.31. The van der Waals surface area contributed by atoms with Gasteiger partial charge in [-0.05, 0) is 40.2 Å². The largest absolute Gasteiger partial charge is 0.465 e. The molecule has 1 aromatic rings. The molecule has 0 saturated carbocycles. The van der Waals surface area contributed by atoms with Gasteiger partial charge in [0.15, 0.2) is 5.78 Å². The molecule has 2 rings (SSSR count). The molecule has 0 bridgehead atoms. The number of ketones is 1. The Labute approximate surface area is 137 Å². The quantitative estimate of drug-likeness (QED) is 0.679. The number of hydrogen-bond donors (Lipinski definition) is 1. The van der Waals surface area contributed by atoms with Crippen molar-refractivity contribution >= 4 is 11.8 Å². The van der Waals surface area contributed by atoms with E-state index in [4.69, 9.17) is 9.47 Å². The molecular weight excluding hydrogens is 296 g/mol. The van der Waals surface area contributed by atoms with Gasteiger partial charge in [0.25, 0.3) is 0 Å². The van der Waals surface area contributed by atoms with Crippen molar-refractivity contribution in [3.05, 3.63) is 22.5 Å². The van der Waals surface area contributed by atoms with E-state index in [0.717, 1.165) is 13.1 Å². The number of Topliss-reactive ketones (excluding diaryl/α,β-unsaturated/α-hetero) is 1. The third-order valence-corrected chi connectivity index (χ3v) is 4.45. The monoisotopic (exact) mass is 322 g/mol. The molecule has 6 nitrogen and oxygen atoms in total. The number of carbonyl (C=O) groups is 2. The molecule has 0 aliphatic carbocycles. The van der Waals surface area contributed by atoms with Crippen LogP contribution in [0.15, 0.2) is 0 Å². The molecule has 1 aromatic heterocycles. The molecule has 23 heavy (non-hydrogen) atoms. The number of aryl methyl sites for hydroxylation is 1. The van der Waals surface area contributed by atoms with Gasteiger partial charge in [0, 0.05) is 18.8 Å². The van der Waals surface area contributed by atoms with Crippen LogP contribution in [-0.2, 0) is 9.47 Å². The average Bonchev–Trinajstić information content (AvgIpc) is 2.79. The number of morpholine rings is 1. The Morgan fingerprint density at radius 2 is 1.83 bits per heavy atom. The normalized spacial score (nSPS) is 23.6. The number of ether oxygens (including phenoxy) is 2. The topological polar surface area (TPSA) is 71.6 Å². The van der Waals surface area contributed by atoms with Gasteiger partial charge < -0.3 is 14.5 Å². The third kappa shape index (κ3) is 3.48. The minimum atomic E-state index is -0.420. The second kappa shape index (κ2) is 6.84. The van der Waals surface area contributed by atoms with Crippen molar-refractivity contribution in [3.8, 4) is 0 Å². The standard InChI is InChI=1S/C17H26N2O4/c1-9-7-19(8-10(2)23-9)13(5)16(20)15-11(3)14(12(4)18-15)17(21)22-6/h9-10,13,18H,7-8H2,1-6H3/t9-,10+,13-/m1/s1. The highest BCUT2D eigenvalue weighted by Gasteiger charge is 2.32. The highest BCUT2D eigenvalue weighted by Crippen LogP contribution is 2.22. The molecule has 1 fully saturated rings. The van der Waals surface area contributed by atoms with E-state index < -0.39 is 5.97 Å². The number of methoxy groups -OCH3 is 1. The number of esters is 1. The fourth-order valence-corrected chi connectivity index (χ4v) is 3.31. The smallest absolute Gasteiger partial charge is 0.339 e. The minimum Gasteiger partial charge on any atom is -0.465 e. The van der Waals surface area contributed by atoms with Crippen molar-refractivity contribution in [2.45, 2.75) is 52.9 Å². The van der Waals surface area contributed by atoms with Crippen LogP contribution in [0.1, 0.15) is 52.9 Å². The lowest BCUT2D eigenvalue weighted by Gasteiger charge is -2.38. The van der Waals surface area contributed by atoms with Gasteiger partial charge in [-0.3, -0.25) is 9.69 Å². The van der Waals surface area contributed by atoms with E-state index >= 15 is 0 Å². The predicted octanol–water partition coefficient (Wildman–Crippen LogP) is 2.10. The van der Waals surface area contributed by atoms with E-state index in [0.29, 0.717) is 22.5 Å². The maximum absolute atomic E-state index is 12.9. The Morgan fingerprint density at radius 3 is 2.35 bits per heavy atom. The number of aromatic nitrogens is 1. The molecule has 3 atom stereocenters. The Hall–Kier alpha value is -1.66. The summed E-state index contributed by atoms with van der Waals surface area (Å²) in [5.74, 6) is -0.432. The van der Waals surface area contributed by atoms with E-state index in [1.54, 1.807) is 13.8 Å². The van der Waals surface area contributed by atoms with Crippen LogP contribution < -0.4 is 0 Å². The second-order valence-electron chi connectivity index (χ2n) is 6.37. The molecule has 0 amide bonds. The summed E-state index contributed by atoms with van der Waals surface area (Å²) < 4.78 is 10.5. The Kier molecular flexibility index (Phi) is 5.26. The summed E-state index contributed by atoms with van der Waals surface area (Å²) in [6, 6.07) is -0.272. The second-order valence-corrected chi connectivity index (χ2v) is 6.37. The molecule has 1 saturated heterocycles. The van der Waals surface area contributed by atoms with Gasteiger partial charge in [-0.2, -0.15) is 0 Å². The SMILES string of the molecule is COC(=O)c1c(C)[nH]c(C(=O)[C@@H](C)N2C[C@@H](C)O[C@@H](C)C2)c1C. The molecular formula is C17H26N2O4. The van der Waals surface area contributed by atoms with Gasteiger partial charge in [0.05, 0.1) is 36.6 Å². The Bertz CT molecular complexity index is 598. The van der Waals surface area contributed by atoms with Gasteiger partial charge in [0.2, 0.25) is 0 Å². The van der Waals surface area contributed by atoms with Gasteiger partial charge in [0.1, 0.15) is 0 Å². The Balaban J connectivity index is 2.25. The molecule has 2 heterocycles. The van der Waals surface area contributed by atoms with E-state index in [2.05, 4.69) is 9.88 Å². The van der Waals surface area contributed by atoms with E-state index in [-0.39, 0.29) is 24.0 Å². The van der Waals surface area contributed by atoms with Crippen LogP contribution in [0.3, 0.4) is 0 Å². The van der Waals surface area contributed by atoms with Gasteiger partial charge in [-0.1, -0.05) is 0 Å². The van der Waals surface area contributed by atoms with Crippen LogP contribution >= 0.6 is 0 Å². The first-order valence-corrected chi connectivity index (χ1v) is 7.97. The average molecular weight is 322 g/mol. The molecule has 1 aliphatic heterocycles. The van der Waals surface area contributed by atoms with Crippen LogP contribution in [-0.4, -0.2) is 60.1 Å². The summed E-state index contributed by atoms with van der Waals surface area (Å²) in [7, 11) is 1.34. The molecule has 0 spiro atoms. The van der Waals surface area contributed by atoms with E-state index in [9.17, 15) is 9.59 Å². The molecule has 1 N–H and O–H groups in total. The van der Waals surface area contributed by atoms with Crippen molar-refractivity contribution in [1.29, 1.82) is 0 Å². The van der Waals surface area contributed by atoms with Crippen LogP contribution in [0, 0.1) is 13.8 Å². The van der Waals surface area contributed by atoms with Crippen LogP contribution in [0.5, 0.6) is 0 Å². The number of rotatable bonds is 4. The molecule has 128 valence electrons. The lowest BCUT2D eigenvalue weighted by molar-refractivity contribution is -0.0744. The maximum Gasteiger partial charge on any atom is 0.339 e. The van der Waals surface area contributed by atoms with Crippen LogP contribution in [0.4, 0.5) is 0 Å². The van der Waals surface area contributed by atoms with E-state index in [1.165, 1.54) is 7.11 Å². The molecule has 0 unspecified atom stereocenters. The maximum atomic E-state index is 12.9. The number of aromatic amines is 1. The lowest BCUT2D eigenvalue weighted by Crippen LogP contribution is -2.51. The van der Waals surface area contributed by atoms with E-state index in [1.807, 2.05) is 20.8 Å². The number of nitrogens with one attached hydrogen (secondary N) is 1. The number of H-pyrrole nitrogens is 1. The highest BCUT2D eigenvalue weighted by atomic mass is 16.5. The molecule has 0 aromatic carbocycles. The van der Waals surface area contributed by atoms with Gasteiger partial charge in [-0.15, -0.1) is 0 Å². The number of carbonyl (C=O) groups excluding carboxylic acids is 2. The van der Waals surface area contributed by atoms with Crippen molar-refractivity contribution in [1.82, 2.24) is 9.88 Å². The first-order valence-electron chi connectivity index (χ1n) is 7.97. The molecule has 0 radical (unpaired) electrons. The number of nitrogens with zero attached hydrogens (tertiary/aromatic N) is 1. The minimum absolute atomic E-state index is 0.0120.